The molecule has 1 fully saturated rings. The number of hydrogen-bond donors (Lipinski definition) is 1. The van der Waals surface area contributed by atoms with E-state index in [9.17, 15) is 8.42 Å². The van der Waals surface area contributed by atoms with Crippen LogP contribution in [0.1, 0.15) is 31.7 Å². The van der Waals surface area contributed by atoms with Crippen LogP contribution in [0.4, 0.5) is 0 Å². The second kappa shape index (κ2) is 4.99. The Morgan fingerprint density at radius 3 is 2.82 bits per heavy atom. The molecule has 1 aromatic rings. The molecule has 0 aliphatic heterocycles. The second-order valence-corrected chi connectivity index (χ2v) is 8.85. The van der Waals surface area contributed by atoms with Crippen molar-refractivity contribution in [2.75, 3.05) is 0 Å². The lowest BCUT2D eigenvalue weighted by Gasteiger charge is -2.03. The van der Waals surface area contributed by atoms with E-state index in [-0.39, 0.29) is 6.04 Å². The van der Waals surface area contributed by atoms with E-state index in [1.54, 1.807) is 6.07 Å². The Balaban J connectivity index is 2.05. The molecule has 1 aromatic heterocycles. The van der Waals surface area contributed by atoms with Gasteiger partial charge >= 0.3 is 0 Å². The summed E-state index contributed by atoms with van der Waals surface area (Å²) in [4.78, 5) is 0. The predicted octanol–water partition coefficient (Wildman–Crippen LogP) is 3.29. The third kappa shape index (κ3) is 3.10. The van der Waals surface area contributed by atoms with Gasteiger partial charge in [0.1, 0.15) is 4.21 Å². The summed E-state index contributed by atoms with van der Waals surface area (Å²) in [5, 5.41) is 0. The second-order valence-electron chi connectivity index (χ2n) is 4.53. The van der Waals surface area contributed by atoms with E-state index >= 15 is 0 Å². The average Bonchev–Trinajstić information content (AvgIpc) is 2.84. The van der Waals surface area contributed by atoms with E-state index in [1.165, 1.54) is 11.3 Å². The summed E-state index contributed by atoms with van der Waals surface area (Å²) < 4.78 is 28.2. The molecule has 3 nitrogen and oxygen atoms in total. The number of nitrogens with one attached hydrogen (secondary N) is 1. The largest absolute Gasteiger partial charge is 0.250 e. The van der Waals surface area contributed by atoms with Crippen molar-refractivity contribution in [3.8, 4) is 0 Å². The van der Waals surface area contributed by atoms with Gasteiger partial charge in [-0.1, -0.05) is 13.3 Å². The van der Waals surface area contributed by atoms with Gasteiger partial charge in [0.05, 0.1) is 3.79 Å². The van der Waals surface area contributed by atoms with Crippen molar-refractivity contribution in [2.24, 2.45) is 5.92 Å². The van der Waals surface area contributed by atoms with Gasteiger partial charge in [0, 0.05) is 6.04 Å². The highest BCUT2D eigenvalue weighted by molar-refractivity contribution is 9.11. The predicted molar refractivity (Wildman–Crippen MR) is 73.9 cm³/mol. The molecule has 0 aromatic carbocycles. The minimum absolute atomic E-state index is 0.154. The van der Waals surface area contributed by atoms with Gasteiger partial charge in [-0.3, -0.25) is 0 Å². The molecule has 0 amide bonds. The summed E-state index contributed by atoms with van der Waals surface area (Å²) in [6.07, 6.45) is 3.21. The van der Waals surface area contributed by atoms with Crippen LogP contribution in [0.2, 0.25) is 0 Å². The van der Waals surface area contributed by atoms with Crippen LogP contribution in [0.3, 0.4) is 0 Å². The van der Waals surface area contributed by atoms with E-state index in [2.05, 4.69) is 27.6 Å². The third-order valence-electron chi connectivity index (χ3n) is 2.99. The monoisotopic (exact) mass is 337 g/mol. The van der Waals surface area contributed by atoms with E-state index in [0.29, 0.717) is 10.1 Å². The topological polar surface area (TPSA) is 46.2 Å². The molecule has 2 unspecified atom stereocenters. The molecule has 1 N–H and O–H groups in total. The molecule has 1 heterocycles. The van der Waals surface area contributed by atoms with Gasteiger partial charge in [-0.15, -0.1) is 11.3 Å². The van der Waals surface area contributed by atoms with Crippen LogP contribution in [0.5, 0.6) is 0 Å². The van der Waals surface area contributed by atoms with Gasteiger partial charge in [0.25, 0.3) is 0 Å². The minimum atomic E-state index is -3.31. The number of halogens is 1. The quantitative estimate of drug-likeness (QED) is 0.896. The fourth-order valence-corrected chi connectivity index (χ4v) is 5.46. The van der Waals surface area contributed by atoms with Crippen LogP contribution in [0.25, 0.3) is 0 Å². The molecule has 1 aliphatic rings. The Labute approximate surface area is 115 Å². The third-order valence-corrected chi connectivity index (χ3v) is 7.09. The summed E-state index contributed by atoms with van der Waals surface area (Å²) in [5.41, 5.74) is 0.969. The van der Waals surface area contributed by atoms with Gasteiger partial charge in [0.15, 0.2) is 0 Å². The van der Waals surface area contributed by atoms with Crippen LogP contribution in [0, 0.1) is 12.8 Å². The van der Waals surface area contributed by atoms with Crippen LogP contribution < -0.4 is 4.72 Å². The van der Waals surface area contributed by atoms with Crippen LogP contribution in [-0.4, -0.2) is 14.5 Å². The van der Waals surface area contributed by atoms with Gasteiger partial charge in [-0.25, -0.2) is 13.1 Å². The lowest BCUT2D eigenvalue weighted by Crippen LogP contribution is -2.26. The standard InChI is InChI=1S/C11H16BrNO2S2/c1-3-4-8-6-9(8)13-17(14,15)10-5-7(2)11(12)16-10/h5,8-9,13H,3-4,6H2,1-2H3. The van der Waals surface area contributed by atoms with E-state index in [1.807, 2.05) is 6.92 Å². The summed E-state index contributed by atoms with van der Waals surface area (Å²) in [6, 6.07) is 1.87. The number of thiophene rings is 1. The van der Waals surface area contributed by atoms with Crippen molar-refractivity contribution in [1.29, 1.82) is 0 Å². The zero-order valence-electron chi connectivity index (χ0n) is 9.86. The van der Waals surface area contributed by atoms with Crippen molar-refractivity contribution in [3.63, 3.8) is 0 Å². The highest BCUT2D eigenvalue weighted by Crippen LogP contribution is 2.37. The maximum Gasteiger partial charge on any atom is 0.250 e. The van der Waals surface area contributed by atoms with Crippen molar-refractivity contribution >= 4 is 37.3 Å². The molecule has 6 heteroatoms. The molecule has 1 aliphatic carbocycles. The van der Waals surface area contributed by atoms with Crippen molar-refractivity contribution in [1.82, 2.24) is 4.72 Å². The van der Waals surface area contributed by atoms with Gasteiger partial charge < -0.3 is 0 Å². The number of sulfonamides is 1. The first-order valence-electron chi connectivity index (χ1n) is 5.72. The summed E-state index contributed by atoms with van der Waals surface area (Å²) >= 11 is 4.63. The Morgan fingerprint density at radius 2 is 2.29 bits per heavy atom. The average molecular weight is 338 g/mol. The molecule has 0 radical (unpaired) electrons. The maximum atomic E-state index is 12.1. The first-order chi connectivity index (χ1) is 7.94. The first kappa shape index (κ1) is 13.5. The first-order valence-corrected chi connectivity index (χ1v) is 8.81. The fraction of sp³-hybridized carbons (Fsp3) is 0.636. The van der Waals surface area contributed by atoms with E-state index in [4.69, 9.17) is 0 Å². The Kier molecular flexibility index (Phi) is 3.97. The SMILES string of the molecule is CCCC1CC1NS(=O)(=O)c1cc(C)c(Br)s1. The van der Waals surface area contributed by atoms with Crippen molar-refractivity contribution < 1.29 is 8.42 Å². The van der Waals surface area contributed by atoms with Gasteiger partial charge in [-0.2, -0.15) is 0 Å². The lowest BCUT2D eigenvalue weighted by molar-refractivity contribution is 0.575. The maximum absolute atomic E-state index is 12.1. The Hall–Kier alpha value is 0.0900. The molecule has 0 bridgehead atoms. The molecule has 17 heavy (non-hydrogen) atoms. The zero-order valence-corrected chi connectivity index (χ0v) is 13.1. The normalized spacial score (nSPS) is 23.9. The highest BCUT2D eigenvalue weighted by Gasteiger charge is 2.39. The lowest BCUT2D eigenvalue weighted by atomic mass is 10.2. The van der Waals surface area contributed by atoms with Gasteiger partial charge in [-0.05, 0) is 53.2 Å². The summed E-state index contributed by atoms with van der Waals surface area (Å²) in [7, 11) is -3.31. The smallest absolute Gasteiger partial charge is 0.207 e. The summed E-state index contributed by atoms with van der Waals surface area (Å²) in [5.74, 6) is 0.541. The fourth-order valence-electron chi connectivity index (χ4n) is 1.90. The number of aryl methyl sites for hydroxylation is 1. The van der Waals surface area contributed by atoms with Crippen molar-refractivity contribution in [3.05, 3.63) is 15.4 Å². The minimum Gasteiger partial charge on any atom is -0.207 e. The number of rotatable bonds is 5. The zero-order chi connectivity index (χ0) is 12.6. The van der Waals surface area contributed by atoms with E-state index < -0.39 is 10.0 Å². The highest BCUT2D eigenvalue weighted by atomic mass is 79.9. The molecule has 0 saturated heterocycles. The molecule has 2 rings (SSSR count). The van der Waals surface area contributed by atoms with Gasteiger partial charge in [0.2, 0.25) is 10.0 Å². The van der Waals surface area contributed by atoms with Crippen LogP contribution >= 0.6 is 27.3 Å². The number of hydrogen-bond acceptors (Lipinski definition) is 3. The Morgan fingerprint density at radius 1 is 1.59 bits per heavy atom. The molecule has 1 saturated carbocycles. The van der Waals surface area contributed by atoms with Crippen molar-refractivity contribution in [2.45, 2.75) is 43.4 Å². The molecular weight excluding hydrogens is 322 g/mol. The molecule has 96 valence electrons. The Bertz CT molecular complexity index is 490. The molecule has 2 atom stereocenters. The molecule has 0 spiro atoms. The van der Waals surface area contributed by atoms with Crippen LogP contribution in [-0.2, 0) is 10.0 Å². The van der Waals surface area contributed by atoms with Crippen LogP contribution in [0.15, 0.2) is 14.1 Å². The molecular formula is C11H16BrNO2S2. The van der Waals surface area contributed by atoms with E-state index in [0.717, 1.165) is 28.6 Å². The summed E-state index contributed by atoms with van der Waals surface area (Å²) in [6.45, 7) is 4.03.